The van der Waals surface area contributed by atoms with Gasteiger partial charge in [0.25, 0.3) is 0 Å². The summed E-state index contributed by atoms with van der Waals surface area (Å²) in [7, 11) is 0. The van der Waals surface area contributed by atoms with Gasteiger partial charge in [0.15, 0.2) is 0 Å². The second-order valence-corrected chi connectivity index (χ2v) is 14.1. The molecule has 0 saturated heterocycles. The van der Waals surface area contributed by atoms with Gasteiger partial charge in [-0.15, -0.1) is 0 Å². The van der Waals surface area contributed by atoms with Crippen molar-refractivity contribution >= 4 is 37.4 Å². The first kappa shape index (κ1) is 20.6. The Kier molecular flexibility index (Phi) is 9.34. The molecule has 0 spiro atoms. The molecule has 0 heterocycles. The minimum Gasteiger partial charge on any atom is -0.233 e. The maximum atomic E-state index is 2.34. The molecule has 2 radical (unpaired) electrons. The first-order chi connectivity index (χ1) is 12.8. The molecular formula is C24H30BGe-. The summed E-state index contributed by atoms with van der Waals surface area (Å²) in [5.74, 6) is 0. The van der Waals surface area contributed by atoms with E-state index < -0.39 is 14.3 Å². The van der Waals surface area contributed by atoms with Gasteiger partial charge in [-0.1, -0.05) is 91.0 Å². The van der Waals surface area contributed by atoms with Gasteiger partial charge in [0, 0.05) is 0 Å². The van der Waals surface area contributed by atoms with Gasteiger partial charge < -0.3 is 0 Å². The molecule has 0 unspecified atom stereocenters. The SMILES string of the molecule is C[CH2][Ge]([CH2]C)[CH2]C.c1ccc([B-](c2ccccc2)c2ccccc2)cc1. The van der Waals surface area contributed by atoms with Crippen molar-refractivity contribution in [3.8, 4) is 0 Å². The smallest absolute Gasteiger partial charge is 0.0336 e. The monoisotopic (exact) mass is 403 g/mol. The van der Waals surface area contributed by atoms with E-state index in [-0.39, 0.29) is 0 Å². The van der Waals surface area contributed by atoms with Crippen molar-refractivity contribution in [3.63, 3.8) is 0 Å². The second-order valence-electron chi connectivity index (χ2n) is 6.48. The van der Waals surface area contributed by atoms with Crippen LogP contribution in [0.3, 0.4) is 0 Å². The molecule has 0 aliphatic heterocycles. The standard InChI is InChI=1S/C18H15B.C6H15Ge/c1-4-10-16(11-5-1)19(17-12-6-2-7-13-17)18-14-8-3-9-15-18;1-4-7(5-2)6-3/h1-15H;4-6H2,1-3H3/q-1;. The molecular weight excluding hydrogens is 372 g/mol. The van der Waals surface area contributed by atoms with Crippen LogP contribution in [0, 0.1) is 0 Å². The van der Waals surface area contributed by atoms with Crippen molar-refractivity contribution in [1.29, 1.82) is 0 Å². The fourth-order valence-electron chi connectivity index (χ4n) is 3.26. The summed E-state index contributed by atoms with van der Waals surface area (Å²) < 4.78 is 0. The third kappa shape index (κ3) is 6.21. The average Bonchev–Trinajstić information content (AvgIpc) is 2.72. The summed E-state index contributed by atoms with van der Waals surface area (Å²) in [4.78, 5) is 0. The minimum absolute atomic E-state index is 0.309. The number of benzene rings is 3. The normalized spacial score (nSPS) is 10.5. The van der Waals surface area contributed by atoms with Crippen LogP contribution in [-0.2, 0) is 0 Å². The fourth-order valence-corrected chi connectivity index (χ4v) is 6.41. The van der Waals surface area contributed by atoms with Crippen LogP contribution in [0.2, 0.25) is 15.8 Å². The van der Waals surface area contributed by atoms with E-state index >= 15 is 0 Å². The molecule has 0 atom stereocenters. The second kappa shape index (κ2) is 11.8. The van der Waals surface area contributed by atoms with Gasteiger partial charge in [-0.2, -0.15) is 0 Å². The minimum atomic E-state index is -0.403. The summed E-state index contributed by atoms with van der Waals surface area (Å²) in [5.41, 5.74) is 4.00. The van der Waals surface area contributed by atoms with E-state index in [4.69, 9.17) is 0 Å². The van der Waals surface area contributed by atoms with Crippen molar-refractivity contribution in [1.82, 2.24) is 0 Å². The zero-order valence-corrected chi connectivity index (χ0v) is 18.5. The molecule has 26 heavy (non-hydrogen) atoms. The third-order valence-corrected chi connectivity index (χ3v) is 11.2. The predicted molar refractivity (Wildman–Crippen MR) is 121 cm³/mol. The van der Waals surface area contributed by atoms with E-state index in [9.17, 15) is 0 Å². The summed E-state index contributed by atoms with van der Waals surface area (Å²) in [6, 6.07) is 32.0. The van der Waals surface area contributed by atoms with Crippen LogP contribution < -0.4 is 16.4 Å². The van der Waals surface area contributed by atoms with Crippen LogP contribution in [-0.4, -0.2) is 21.1 Å². The predicted octanol–water partition coefficient (Wildman–Crippen LogP) is 4.74. The molecule has 0 aromatic heterocycles. The van der Waals surface area contributed by atoms with Gasteiger partial charge in [-0.3, -0.25) is 0 Å². The van der Waals surface area contributed by atoms with E-state index in [1.807, 2.05) is 0 Å². The van der Waals surface area contributed by atoms with Gasteiger partial charge in [0.2, 0.25) is 0 Å². The van der Waals surface area contributed by atoms with Crippen LogP contribution in [0.5, 0.6) is 0 Å². The fraction of sp³-hybridized carbons (Fsp3) is 0.250. The maximum Gasteiger partial charge on any atom is -0.0336 e. The first-order valence-electron chi connectivity index (χ1n) is 9.78. The summed E-state index contributed by atoms with van der Waals surface area (Å²) in [5, 5.41) is 4.56. The number of rotatable bonds is 6. The third-order valence-electron chi connectivity index (χ3n) is 4.90. The molecule has 0 bridgehead atoms. The molecule has 0 aliphatic carbocycles. The molecule has 3 aromatic carbocycles. The summed E-state index contributed by atoms with van der Waals surface area (Å²) >= 11 is -0.403. The van der Waals surface area contributed by atoms with Gasteiger partial charge in [-0.05, 0) is 6.71 Å². The zero-order chi connectivity index (χ0) is 18.6. The Bertz CT molecular complexity index is 610. The van der Waals surface area contributed by atoms with Crippen molar-refractivity contribution in [2.24, 2.45) is 0 Å². The van der Waals surface area contributed by atoms with Crippen molar-refractivity contribution in [3.05, 3.63) is 91.0 Å². The largest absolute Gasteiger partial charge is 0.233 e. The molecule has 0 fully saturated rings. The van der Waals surface area contributed by atoms with Crippen molar-refractivity contribution in [2.75, 3.05) is 0 Å². The molecule has 0 aliphatic rings. The van der Waals surface area contributed by atoms with Gasteiger partial charge in [0.05, 0.1) is 0 Å². The topological polar surface area (TPSA) is 0 Å². The van der Waals surface area contributed by atoms with Gasteiger partial charge in [-0.25, -0.2) is 16.4 Å². The van der Waals surface area contributed by atoms with Crippen LogP contribution >= 0.6 is 0 Å². The first-order valence-corrected chi connectivity index (χ1v) is 14.2. The Morgan fingerprint density at radius 2 is 0.769 bits per heavy atom. The average molecular weight is 402 g/mol. The van der Waals surface area contributed by atoms with Crippen LogP contribution in [0.15, 0.2) is 91.0 Å². The van der Waals surface area contributed by atoms with Crippen LogP contribution in [0.4, 0.5) is 0 Å². The molecule has 0 N–H and O–H groups in total. The molecule has 0 nitrogen and oxygen atoms in total. The molecule has 0 saturated carbocycles. The Hall–Kier alpha value is -1.73. The molecule has 3 aromatic rings. The molecule has 3 rings (SSSR count). The van der Waals surface area contributed by atoms with Gasteiger partial charge >= 0.3 is 50.9 Å². The van der Waals surface area contributed by atoms with E-state index in [2.05, 4.69) is 112 Å². The number of hydrogen-bond acceptors (Lipinski definition) is 0. The molecule has 134 valence electrons. The van der Waals surface area contributed by atoms with E-state index in [0.29, 0.717) is 6.71 Å². The Morgan fingerprint density at radius 1 is 0.500 bits per heavy atom. The van der Waals surface area contributed by atoms with Gasteiger partial charge in [0.1, 0.15) is 0 Å². The molecule has 2 heteroatoms. The van der Waals surface area contributed by atoms with E-state index in [1.54, 1.807) is 0 Å². The molecule has 0 amide bonds. The number of hydrogen-bond donors (Lipinski definition) is 0. The maximum absolute atomic E-state index is 2.34. The zero-order valence-electron chi connectivity index (χ0n) is 16.4. The quantitative estimate of drug-likeness (QED) is 0.523. The van der Waals surface area contributed by atoms with E-state index in [0.717, 1.165) is 0 Å². The summed E-state index contributed by atoms with van der Waals surface area (Å²) in [6.45, 7) is 7.32. The Balaban J connectivity index is 0.000000298. The van der Waals surface area contributed by atoms with E-state index in [1.165, 1.54) is 32.1 Å². The van der Waals surface area contributed by atoms with Crippen molar-refractivity contribution in [2.45, 2.75) is 36.5 Å². The van der Waals surface area contributed by atoms with Crippen molar-refractivity contribution < 1.29 is 0 Å². The van der Waals surface area contributed by atoms with Crippen LogP contribution in [0.25, 0.3) is 0 Å². The van der Waals surface area contributed by atoms with Crippen LogP contribution in [0.1, 0.15) is 20.8 Å². The Labute approximate surface area is 164 Å². The Morgan fingerprint density at radius 3 is 0.962 bits per heavy atom. The summed E-state index contributed by atoms with van der Waals surface area (Å²) in [6.07, 6.45) is 0.